The number of thiazole rings is 1. The van der Waals surface area contributed by atoms with E-state index in [9.17, 15) is 0 Å². The van der Waals surface area contributed by atoms with Gasteiger partial charge in [-0.3, -0.25) is 0 Å². The molecule has 1 N–H and O–H groups in total. The summed E-state index contributed by atoms with van der Waals surface area (Å²) in [5.74, 6) is 0. The normalized spacial score (nSPS) is 10.6. The Hall–Kier alpha value is -0.710. The fraction of sp³-hybridized carbons (Fsp3) is 0.300. The zero-order valence-corrected chi connectivity index (χ0v) is 9.40. The molecular weight excluding hydrogens is 212 g/mol. The van der Waals surface area contributed by atoms with Crippen molar-refractivity contribution in [3.8, 4) is 0 Å². The largest absolute Gasteiger partial charge is 0.311 e. The lowest BCUT2D eigenvalue weighted by molar-refractivity contribution is 0.688. The second-order valence-electron chi connectivity index (χ2n) is 2.99. The minimum absolute atomic E-state index is 0.974. The third-order valence-electron chi connectivity index (χ3n) is 1.92. The molecule has 0 radical (unpaired) electrons. The number of hydrogen-bond donors (Lipinski definition) is 1. The summed E-state index contributed by atoms with van der Waals surface area (Å²) in [6.07, 6.45) is 1.02. The molecule has 0 aliphatic heterocycles. The maximum absolute atomic E-state index is 4.23. The highest BCUT2D eigenvalue weighted by atomic mass is 32.1. The average Bonchev–Trinajstić information content (AvgIpc) is 2.86. The third-order valence-corrected chi connectivity index (χ3v) is 3.43. The number of aromatic nitrogens is 1. The van der Waals surface area contributed by atoms with Crippen molar-refractivity contribution in [2.45, 2.75) is 13.0 Å². The molecule has 74 valence electrons. The number of nitrogens with zero attached hydrogens (tertiary/aromatic N) is 1. The van der Waals surface area contributed by atoms with E-state index in [1.807, 2.05) is 5.51 Å². The van der Waals surface area contributed by atoms with Crippen molar-refractivity contribution in [2.24, 2.45) is 0 Å². The van der Waals surface area contributed by atoms with Crippen molar-refractivity contribution >= 4 is 22.7 Å². The first kappa shape index (κ1) is 9.83. The Morgan fingerprint density at radius 1 is 1.43 bits per heavy atom. The van der Waals surface area contributed by atoms with Gasteiger partial charge >= 0.3 is 0 Å². The van der Waals surface area contributed by atoms with E-state index >= 15 is 0 Å². The first-order chi connectivity index (χ1) is 6.95. The summed E-state index contributed by atoms with van der Waals surface area (Å²) in [4.78, 5) is 5.62. The van der Waals surface area contributed by atoms with Gasteiger partial charge in [0.05, 0.1) is 11.2 Å². The molecular formula is C10H12N2S2. The van der Waals surface area contributed by atoms with Crippen LogP contribution in [-0.2, 0) is 13.0 Å². The Bertz CT molecular complexity index is 304. The summed E-state index contributed by atoms with van der Waals surface area (Å²) >= 11 is 3.45. The van der Waals surface area contributed by atoms with E-state index in [0.29, 0.717) is 0 Å². The van der Waals surface area contributed by atoms with Gasteiger partial charge in [-0.15, -0.1) is 22.7 Å². The molecule has 2 heterocycles. The van der Waals surface area contributed by atoms with Crippen LogP contribution in [0.4, 0.5) is 0 Å². The molecule has 0 spiro atoms. The molecule has 2 aromatic rings. The van der Waals surface area contributed by atoms with E-state index in [0.717, 1.165) is 19.5 Å². The average molecular weight is 224 g/mol. The molecule has 0 amide bonds. The first-order valence-electron chi connectivity index (χ1n) is 4.55. The molecule has 0 fully saturated rings. The number of nitrogens with one attached hydrogen (secondary N) is 1. The van der Waals surface area contributed by atoms with Gasteiger partial charge in [-0.25, -0.2) is 4.98 Å². The zero-order valence-electron chi connectivity index (χ0n) is 7.77. The van der Waals surface area contributed by atoms with Gasteiger partial charge in [0.15, 0.2) is 0 Å². The van der Waals surface area contributed by atoms with Gasteiger partial charge in [0.2, 0.25) is 0 Å². The molecule has 0 saturated carbocycles. The fourth-order valence-electron chi connectivity index (χ4n) is 1.20. The van der Waals surface area contributed by atoms with E-state index in [4.69, 9.17) is 0 Å². The van der Waals surface area contributed by atoms with E-state index in [1.54, 1.807) is 22.7 Å². The highest BCUT2D eigenvalue weighted by molar-refractivity contribution is 7.09. The van der Waals surface area contributed by atoms with Crippen molar-refractivity contribution in [3.63, 3.8) is 0 Å². The monoisotopic (exact) mass is 224 g/mol. The van der Waals surface area contributed by atoms with Gasteiger partial charge in [0.25, 0.3) is 0 Å². The summed E-state index contributed by atoms with van der Waals surface area (Å²) in [6, 6.07) is 4.24. The quantitative estimate of drug-likeness (QED) is 0.789. The SMILES string of the molecule is c1csc(CNCCc2cscn2)c1. The molecule has 0 saturated heterocycles. The minimum atomic E-state index is 0.974. The van der Waals surface area contributed by atoms with E-state index in [2.05, 4.69) is 33.2 Å². The third kappa shape index (κ3) is 2.90. The first-order valence-corrected chi connectivity index (χ1v) is 6.37. The number of hydrogen-bond acceptors (Lipinski definition) is 4. The Morgan fingerprint density at radius 3 is 3.14 bits per heavy atom. The van der Waals surface area contributed by atoms with Crippen LogP contribution in [0.5, 0.6) is 0 Å². The van der Waals surface area contributed by atoms with Gasteiger partial charge in [-0.1, -0.05) is 6.07 Å². The van der Waals surface area contributed by atoms with Crippen LogP contribution < -0.4 is 5.32 Å². The molecule has 0 aromatic carbocycles. The van der Waals surface area contributed by atoms with Gasteiger partial charge in [0.1, 0.15) is 0 Å². The topological polar surface area (TPSA) is 24.9 Å². The Balaban J connectivity index is 1.65. The summed E-state index contributed by atoms with van der Waals surface area (Å²) in [6.45, 7) is 1.98. The highest BCUT2D eigenvalue weighted by Gasteiger charge is 1.95. The maximum atomic E-state index is 4.23. The summed E-state index contributed by atoms with van der Waals surface area (Å²) in [5, 5.41) is 7.61. The van der Waals surface area contributed by atoms with Crippen molar-refractivity contribution in [2.75, 3.05) is 6.54 Å². The smallest absolute Gasteiger partial charge is 0.0794 e. The van der Waals surface area contributed by atoms with Crippen molar-refractivity contribution in [1.29, 1.82) is 0 Å². The molecule has 14 heavy (non-hydrogen) atoms. The van der Waals surface area contributed by atoms with E-state index in [1.165, 1.54) is 10.6 Å². The van der Waals surface area contributed by atoms with Crippen LogP contribution in [0.3, 0.4) is 0 Å². The van der Waals surface area contributed by atoms with Gasteiger partial charge in [-0.05, 0) is 11.4 Å². The highest BCUT2D eigenvalue weighted by Crippen LogP contribution is 2.07. The molecule has 0 aliphatic carbocycles. The number of rotatable bonds is 5. The zero-order chi connectivity index (χ0) is 9.64. The van der Waals surface area contributed by atoms with Crippen molar-refractivity contribution < 1.29 is 0 Å². The van der Waals surface area contributed by atoms with Gasteiger partial charge < -0.3 is 5.32 Å². The van der Waals surface area contributed by atoms with Crippen LogP contribution in [0.15, 0.2) is 28.4 Å². The predicted octanol–water partition coefficient (Wildman–Crippen LogP) is 2.54. The van der Waals surface area contributed by atoms with Crippen molar-refractivity contribution in [1.82, 2.24) is 10.3 Å². The molecule has 0 unspecified atom stereocenters. The maximum Gasteiger partial charge on any atom is 0.0794 e. The molecule has 2 nitrogen and oxygen atoms in total. The Morgan fingerprint density at radius 2 is 2.43 bits per heavy atom. The lowest BCUT2D eigenvalue weighted by Crippen LogP contribution is -2.15. The molecule has 0 aliphatic rings. The van der Waals surface area contributed by atoms with Crippen LogP contribution in [0, 0.1) is 0 Å². The lowest BCUT2D eigenvalue weighted by Gasteiger charge is -2.00. The lowest BCUT2D eigenvalue weighted by atomic mass is 10.3. The number of thiophene rings is 1. The Kier molecular flexibility index (Phi) is 3.68. The van der Waals surface area contributed by atoms with E-state index < -0.39 is 0 Å². The van der Waals surface area contributed by atoms with Crippen LogP contribution in [0.25, 0.3) is 0 Å². The van der Waals surface area contributed by atoms with E-state index in [-0.39, 0.29) is 0 Å². The van der Waals surface area contributed by atoms with Crippen LogP contribution in [-0.4, -0.2) is 11.5 Å². The molecule has 2 rings (SSSR count). The molecule has 0 bridgehead atoms. The second-order valence-corrected chi connectivity index (χ2v) is 4.74. The van der Waals surface area contributed by atoms with Crippen LogP contribution >= 0.6 is 22.7 Å². The van der Waals surface area contributed by atoms with Crippen LogP contribution in [0.2, 0.25) is 0 Å². The Labute approximate surface area is 91.6 Å². The summed E-state index contributed by atoms with van der Waals surface area (Å²) in [5.41, 5.74) is 3.07. The molecule has 4 heteroatoms. The van der Waals surface area contributed by atoms with Crippen molar-refractivity contribution in [3.05, 3.63) is 39.0 Å². The molecule has 0 atom stereocenters. The fourth-order valence-corrected chi connectivity index (χ4v) is 2.47. The summed E-state index contributed by atoms with van der Waals surface area (Å²) in [7, 11) is 0. The van der Waals surface area contributed by atoms with Gasteiger partial charge in [-0.2, -0.15) is 0 Å². The minimum Gasteiger partial charge on any atom is -0.311 e. The summed E-state index contributed by atoms with van der Waals surface area (Å²) < 4.78 is 0. The van der Waals surface area contributed by atoms with Gasteiger partial charge in [0, 0.05) is 29.8 Å². The standard InChI is InChI=1S/C10H12N2S2/c1-2-10(14-5-1)6-11-4-3-9-7-13-8-12-9/h1-2,5,7-8,11H,3-4,6H2. The predicted molar refractivity (Wildman–Crippen MR) is 61.8 cm³/mol. The van der Waals surface area contributed by atoms with Crippen LogP contribution in [0.1, 0.15) is 10.6 Å². The molecule has 2 aromatic heterocycles. The second kappa shape index (κ2) is 5.24.